The first-order valence-electron chi connectivity index (χ1n) is 9.29. The molecule has 0 spiro atoms. The molecule has 0 bridgehead atoms. The van der Waals surface area contributed by atoms with E-state index in [0.717, 1.165) is 16.9 Å². The number of ether oxygens (including phenoxy) is 3. The molecule has 148 valence electrons. The fourth-order valence-corrected chi connectivity index (χ4v) is 3.17. The van der Waals surface area contributed by atoms with Gasteiger partial charge in [0.15, 0.2) is 0 Å². The van der Waals surface area contributed by atoms with Gasteiger partial charge in [-0.05, 0) is 24.6 Å². The van der Waals surface area contributed by atoms with Crippen LogP contribution in [0.3, 0.4) is 0 Å². The number of oxime groups is 1. The van der Waals surface area contributed by atoms with E-state index >= 15 is 0 Å². The summed E-state index contributed by atoms with van der Waals surface area (Å²) in [5.74, 6) is 0.518. The monoisotopic (exact) mass is 383 g/mol. The van der Waals surface area contributed by atoms with Crippen molar-refractivity contribution < 1.29 is 23.8 Å². The van der Waals surface area contributed by atoms with Gasteiger partial charge in [0.25, 0.3) is 0 Å². The van der Waals surface area contributed by atoms with E-state index in [0.29, 0.717) is 32.0 Å². The molecule has 0 N–H and O–H groups in total. The normalized spacial score (nSPS) is 15.4. The summed E-state index contributed by atoms with van der Waals surface area (Å²) in [7, 11) is 1.52. The maximum Gasteiger partial charge on any atom is 0.306 e. The lowest BCUT2D eigenvalue weighted by Crippen LogP contribution is -2.48. The van der Waals surface area contributed by atoms with Gasteiger partial charge >= 0.3 is 5.97 Å². The van der Waals surface area contributed by atoms with E-state index in [1.165, 1.54) is 7.11 Å². The van der Waals surface area contributed by atoms with Gasteiger partial charge in [0.05, 0.1) is 31.7 Å². The predicted molar refractivity (Wildman–Crippen MR) is 106 cm³/mol. The largest absolute Gasteiger partial charge is 0.487 e. The Bertz CT molecular complexity index is 797. The summed E-state index contributed by atoms with van der Waals surface area (Å²) in [6.45, 7) is 3.52. The van der Waals surface area contributed by atoms with E-state index in [4.69, 9.17) is 19.0 Å². The van der Waals surface area contributed by atoms with Crippen molar-refractivity contribution in [1.29, 1.82) is 0 Å². The summed E-state index contributed by atoms with van der Waals surface area (Å²) >= 11 is 0. The molecule has 0 aromatic heterocycles. The Morgan fingerprint density at radius 1 is 1.11 bits per heavy atom. The second-order valence-corrected chi connectivity index (χ2v) is 6.65. The molecule has 0 atom stereocenters. The van der Waals surface area contributed by atoms with E-state index in [1.807, 2.05) is 61.5 Å². The van der Waals surface area contributed by atoms with Gasteiger partial charge in [-0.2, -0.15) is 0 Å². The molecule has 2 aromatic carbocycles. The van der Waals surface area contributed by atoms with Crippen molar-refractivity contribution in [3.63, 3.8) is 0 Å². The van der Waals surface area contributed by atoms with Gasteiger partial charge in [-0.15, -0.1) is 0 Å². The molecule has 1 aliphatic heterocycles. The Labute approximate surface area is 165 Å². The third-order valence-corrected chi connectivity index (χ3v) is 4.70. The van der Waals surface area contributed by atoms with Gasteiger partial charge in [0.1, 0.15) is 25.2 Å². The lowest BCUT2D eigenvalue weighted by molar-refractivity contribution is -0.151. The third-order valence-electron chi connectivity index (χ3n) is 4.70. The highest BCUT2D eigenvalue weighted by Gasteiger charge is 2.42. The number of hydrogen-bond acceptors (Lipinski definition) is 6. The first-order valence-corrected chi connectivity index (χ1v) is 9.29. The Balaban J connectivity index is 1.65. The van der Waals surface area contributed by atoms with Crippen molar-refractivity contribution in [3.05, 3.63) is 65.7 Å². The molecule has 0 amide bonds. The van der Waals surface area contributed by atoms with Crippen LogP contribution in [0, 0.1) is 0 Å². The van der Waals surface area contributed by atoms with Crippen molar-refractivity contribution in [1.82, 2.24) is 0 Å². The van der Waals surface area contributed by atoms with Crippen molar-refractivity contribution in [3.8, 4) is 5.75 Å². The van der Waals surface area contributed by atoms with Crippen LogP contribution in [0.5, 0.6) is 5.75 Å². The number of carbonyl (C=O) groups is 1. The van der Waals surface area contributed by atoms with Crippen LogP contribution in [0.1, 0.15) is 24.5 Å². The average Bonchev–Trinajstić information content (AvgIpc) is 2.69. The van der Waals surface area contributed by atoms with Crippen LogP contribution in [0.15, 0.2) is 59.8 Å². The highest BCUT2D eigenvalue weighted by atomic mass is 16.6. The maximum atomic E-state index is 11.9. The molecule has 1 saturated heterocycles. The number of carbonyl (C=O) groups excluding carboxylic acids is 1. The van der Waals surface area contributed by atoms with E-state index in [9.17, 15) is 4.79 Å². The van der Waals surface area contributed by atoms with E-state index < -0.39 is 0 Å². The summed E-state index contributed by atoms with van der Waals surface area (Å²) < 4.78 is 16.4. The summed E-state index contributed by atoms with van der Waals surface area (Å²) in [5, 5.41) is 4.06. The van der Waals surface area contributed by atoms with Crippen molar-refractivity contribution in [2.24, 2.45) is 5.16 Å². The lowest BCUT2D eigenvalue weighted by Gasteiger charge is -2.41. The molecule has 6 nitrogen and oxygen atoms in total. The second kappa shape index (κ2) is 9.37. The molecule has 0 aliphatic carbocycles. The fraction of sp³-hybridized carbons (Fsp3) is 0.364. The number of rotatable bonds is 9. The number of esters is 1. The summed E-state index contributed by atoms with van der Waals surface area (Å²) in [4.78, 5) is 16.9. The minimum Gasteiger partial charge on any atom is -0.487 e. The van der Waals surface area contributed by atoms with Crippen molar-refractivity contribution in [2.45, 2.75) is 18.8 Å². The van der Waals surface area contributed by atoms with Crippen LogP contribution >= 0.6 is 0 Å². The number of hydrogen-bond donors (Lipinski definition) is 0. The first-order chi connectivity index (χ1) is 13.7. The molecular formula is C22H25NO5. The van der Waals surface area contributed by atoms with E-state index in [-0.39, 0.29) is 18.0 Å². The van der Waals surface area contributed by atoms with Crippen LogP contribution < -0.4 is 4.74 Å². The SMILES string of the molecule is CCOC(=O)CC1(c2ccc(OCC(=NOC)c3ccccc3)cc2)COC1. The zero-order chi connectivity index (χ0) is 19.8. The Morgan fingerprint density at radius 3 is 2.39 bits per heavy atom. The zero-order valence-corrected chi connectivity index (χ0v) is 16.2. The highest BCUT2D eigenvalue weighted by Crippen LogP contribution is 2.36. The molecule has 0 radical (unpaired) electrons. The Morgan fingerprint density at radius 2 is 1.82 bits per heavy atom. The highest BCUT2D eigenvalue weighted by molar-refractivity contribution is 6.01. The quantitative estimate of drug-likeness (QED) is 0.377. The Kier molecular flexibility index (Phi) is 6.66. The first kappa shape index (κ1) is 19.9. The van der Waals surface area contributed by atoms with Gasteiger partial charge in [-0.1, -0.05) is 47.6 Å². The van der Waals surface area contributed by atoms with Crippen LogP contribution in [0.4, 0.5) is 0 Å². The smallest absolute Gasteiger partial charge is 0.306 e. The molecule has 3 rings (SSSR count). The molecule has 1 heterocycles. The molecule has 0 saturated carbocycles. The van der Waals surface area contributed by atoms with Gasteiger partial charge in [-0.3, -0.25) is 4.79 Å². The Hall–Kier alpha value is -2.86. The van der Waals surface area contributed by atoms with Crippen molar-refractivity contribution in [2.75, 3.05) is 33.5 Å². The minimum absolute atomic E-state index is 0.200. The third kappa shape index (κ3) is 4.70. The summed E-state index contributed by atoms with van der Waals surface area (Å²) in [5.41, 5.74) is 2.39. The molecular weight excluding hydrogens is 358 g/mol. The summed E-state index contributed by atoms with van der Waals surface area (Å²) in [6, 6.07) is 17.5. The molecule has 6 heteroatoms. The van der Waals surface area contributed by atoms with Gasteiger partial charge in [-0.25, -0.2) is 0 Å². The van der Waals surface area contributed by atoms with Gasteiger partial charge in [0.2, 0.25) is 0 Å². The molecule has 1 aliphatic rings. The van der Waals surface area contributed by atoms with Crippen LogP contribution in [0.25, 0.3) is 0 Å². The summed E-state index contributed by atoms with van der Waals surface area (Å²) in [6.07, 6.45) is 0.319. The van der Waals surface area contributed by atoms with Crippen LogP contribution in [-0.4, -0.2) is 45.2 Å². The van der Waals surface area contributed by atoms with Gasteiger partial charge < -0.3 is 19.0 Å². The van der Waals surface area contributed by atoms with Crippen LogP contribution in [0.2, 0.25) is 0 Å². The lowest BCUT2D eigenvalue weighted by atomic mass is 9.76. The predicted octanol–water partition coefficient (Wildman–Crippen LogP) is 3.34. The molecule has 28 heavy (non-hydrogen) atoms. The number of benzene rings is 2. The minimum atomic E-state index is -0.308. The van der Waals surface area contributed by atoms with Crippen molar-refractivity contribution >= 4 is 11.7 Å². The number of nitrogens with zero attached hydrogens (tertiary/aromatic N) is 1. The maximum absolute atomic E-state index is 11.9. The zero-order valence-electron chi connectivity index (χ0n) is 16.2. The average molecular weight is 383 g/mol. The topological polar surface area (TPSA) is 66.4 Å². The molecule has 2 aromatic rings. The molecule has 0 unspecified atom stereocenters. The van der Waals surface area contributed by atoms with Crippen LogP contribution in [-0.2, 0) is 24.5 Å². The van der Waals surface area contributed by atoms with E-state index in [1.54, 1.807) is 0 Å². The second-order valence-electron chi connectivity index (χ2n) is 6.65. The van der Waals surface area contributed by atoms with Gasteiger partial charge in [0, 0.05) is 5.56 Å². The fourth-order valence-electron chi connectivity index (χ4n) is 3.17. The standard InChI is InChI=1S/C22H25NO5/c1-3-27-21(24)13-22(15-26-16-22)18-9-11-19(12-10-18)28-14-20(23-25-2)17-7-5-4-6-8-17/h4-12H,3,13-16H2,1-2H3. The van der Waals surface area contributed by atoms with E-state index in [2.05, 4.69) is 5.16 Å². The molecule has 1 fully saturated rings.